The molecule has 0 atom stereocenters. The summed E-state index contributed by atoms with van der Waals surface area (Å²) in [6.45, 7) is 4.41. The first-order valence-electron chi connectivity index (χ1n) is 13.9. The zero-order chi connectivity index (χ0) is 27.6. The number of nitrogens with zero attached hydrogens (tertiary/aromatic N) is 5. The van der Waals surface area contributed by atoms with Crippen LogP contribution in [0.3, 0.4) is 0 Å². The Hall–Kier alpha value is -3.91. The van der Waals surface area contributed by atoms with Gasteiger partial charge < -0.3 is 19.9 Å². The largest absolute Gasteiger partial charge is 0.445 e. The highest BCUT2D eigenvalue weighted by Crippen LogP contribution is 2.41. The number of likely N-dealkylation sites (tertiary alicyclic amines) is 1. The number of piperidine rings is 1. The molecule has 3 heterocycles. The minimum absolute atomic E-state index is 0.206. The number of amides is 1. The lowest BCUT2D eigenvalue weighted by atomic mass is 9.96. The zero-order valence-corrected chi connectivity index (χ0v) is 23.3. The number of ether oxygens (including phenoxy) is 1. The fourth-order valence-electron chi connectivity index (χ4n) is 5.41. The Bertz CT molecular complexity index is 1510. The van der Waals surface area contributed by atoms with Crippen LogP contribution < -0.4 is 5.73 Å². The SMILES string of the molecule is Cc1cc(-c2nc(C3CCN(C(=O)OCc4ccccc4)CC3)n(CC3CC3)c2-c2ccnc(N)n2)ccc1Cl. The average Bonchev–Trinajstić information content (AvgIpc) is 3.72. The number of aromatic nitrogens is 4. The van der Waals surface area contributed by atoms with Crippen molar-refractivity contribution in [1.29, 1.82) is 0 Å². The molecule has 0 spiro atoms. The minimum atomic E-state index is -0.266. The molecule has 1 saturated carbocycles. The molecule has 2 aliphatic rings. The maximum atomic E-state index is 12.8. The quantitative estimate of drug-likeness (QED) is 0.280. The number of hydrogen-bond acceptors (Lipinski definition) is 6. The highest BCUT2D eigenvalue weighted by molar-refractivity contribution is 6.31. The Balaban J connectivity index is 1.30. The predicted molar refractivity (Wildman–Crippen MR) is 156 cm³/mol. The van der Waals surface area contributed by atoms with Gasteiger partial charge in [-0.1, -0.05) is 48.0 Å². The number of hydrogen-bond donors (Lipinski definition) is 1. The molecule has 40 heavy (non-hydrogen) atoms. The molecule has 8 nitrogen and oxygen atoms in total. The predicted octanol–water partition coefficient (Wildman–Crippen LogP) is 6.48. The van der Waals surface area contributed by atoms with Gasteiger partial charge in [-0.15, -0.1) is 0 Å². The molecule has 1 saturated heterocycles. The molecule has 0 unspecified atom stereocenters. The standard InChI is InChI=1S/C31H33ClN6O2/c1-20-17-24(9-10-25(20)32)27-28(26-11-14-34-30(33)35-26)38(18-21-7-8-21)29(36-27)23-12-15-37(16-13-23)31(39)40-19-22-5-3-2-4-6-22/h2-6,9-11,14,17,21,23H,7-8,12-13,15-16,18-19H2,1H3,(H2,33,34,35). The second-order valence-electron chi connectivity index (χ2n) is 10.8. The summed E-state index contributed by atoms with van der Waals surface area (Å²) in [5.74, 6) is 2.11. The smallest absolute Gasteiger partial charge is 0.410 e. The van der Waals surface area contributed by atoms with E-state index in [-0.39, 0.29) is 24.6 Å². The molecule has 2 aromatic carbocycles. The number of carbonyl (C=O) groups excluding carboxylic acids is 1. The fourth-order valence-corrected chi connectivity index (χ4v) is 5.53. The number of halogens is 1. The fraction of sp³-hybridized carbons (Fsp3) is 0.355. The maximum absolute atomic E-state index is 12.8. The van der Waals surface area contributed by atoms with Gasteiger partial charge in [-0.25, -0.2) is 19.7 Å². The van der Waals surface area contributed by atoms with Crippen LogP contribution in [0.1, 0.15) is 48.6 Å². The van der Waals surface area contributed by atoms with Crippen molar-refractivity contribution >= 4 is 23.6 Å². The number of aryl methyl sites for hydroxylation is 1. The van der Waals surface area contributed by atoms with Crippen LogP contribution in [-0.2, 0) is 17.9 Å². The van der Waals surface area contributed by atoms with Crippen LogP contribution in [0.2, 0.25) is 5.02 Å². The highest BCUT2D eigenvalue weighted by Gasteiger charge is 2.33. The third-order valence-electron chi connectivity index (χ3n) is 7.81. The molecule has 9 heteroatoms. The molecule has 206 valence electrons. The highest BCUT2D eigenvalue weighted by atomic mass is 35.5. The number of benzene rings is 2. The summed E-state index contributed by atoms with van der Waals surface area (Å²) in [6, 6.07) is 17.7. The molecule has 1 aliphatic carbocycles. The van der Waals surface area contributed by atoms with E-state index in [9.17, 15) is 4.79 Å². The van der Waals surface area contributed by atoms with E-state index in [0.717, 1.165) is 64.0 Å². The molecule has 4 aromatic rings. The van der Waals surface area contributed by atoms with E-state index in [1.54, 1.807) is 6.20 Å². The van der Waals surface area contributed by atoms with Crippen molar-refractivity contribution < 1.29 is 9.53 Å². The van der Waals surface area contributed by atoms with E-state index in [1.165, 1.54) is 12.8 Å². The number of rotatable bonds is 7. The van der Waals surface area contributed by atoms with Crippen molar-refractivity contribution in [1.82, 2.24) is 24.4 Å². The van der Waals surface area contributed by atoms with Crippen LogP contribution in [0.25, 0.3) is 22.6 Å². The Labute approximate surface area is 239 Å². The Morgan fingerprint density at radius 2 is 1.82 bits per heavy atom. The maximum Gasteiger partial charge on any atom is 0.410 e. The zero-order valence-electron chi connectivity index (χ0n) is 22.6. The van der Waals surface area contributed by atoms with Gasteiger partial charge in [0.25, 0.3) is 0 Å². The molecular weight excluding hydrogens is 524 g/mol. The third-order valence-corrected chi connectivity index (χ3v) is 8.23. The molecular formula is C31H33ClN6O2. The van der Waals surface area contributed by atoms with Gasteiger partial charge >= 0.3 is 6.09 Å². The van der Waals surface area contributed by atoms with Gasteiger partial charge in [-0.2, -0.15) is 0 Å². The van der Waals surface area contributed by atoms with Crippen molar-refractivity contribution in [2.75, 3.05) is 18.8 Å². The topological polar surface area (TPSA) is 99.2 Å². The number of nitrogens with two attached hydrogens (primary N) is 1. The molecule has 2 aromatic heterocycles. The van der Waals surface area contributed by atoms with Crippen LogP contribution in [0, 0.1) is 12.8 Å². The van der Waals surface area contributed by atoms with E-state index in [2.05, 4.69) is 20.6 Å². The molecule has 0 radical (unpaired) electrons. The van der Waals surface area contributed by atoms with Gasteiger partial charge in [0.1, 0.15) is 12.4 Å². The summed E-state index contributed by atoms with van der Waals surface area (Å²) < 4.78 is 7.95. The van der Waals surface area contributed by atoms with Gasteiger partial charge in [-0.3, -0.25) is 0 Å². The van der Waals surface area contributed by atoms with Gasteiger partial charge in [0.2, 0.25) is 5.95 Å². The lowest BCUT2D eigenvalue weighted by Crippen LogP contribution is -2.38. The van der Waals surface area contributed by atoms with Crippen molar-refractivity contribution in [3.63, 3.8) is 0 Å². The van der Waals surface area contributed by atoms with Gasteiger partial charge in [0.05, 0.1) is 17.1 Å². The summed E-state index contributed by atoms with van der Waals surface area (Å²) in [4.78, 5) is 28.6. The van der Waals surface area contributed by atoms with E-state index in [1.807, 2.05) is 60.4 Å². The van der Waals surface area contributed by atoms with Crippen molar-refractivity contribution in [3.8, 4) is 22.6 Å². The second kappa shape index (κ2) is 11.3. The normalized spacial score (nSPS) is 15.8. The monoisotopic (exact) mass is 556 g/mol. The van der Waals surface area contributed by atoms with E-state index < -0.39 is 0 Å². The summed E-state index contributed by atoms with van der Waals surface area (Å²) in [7, 11) is 0. The van der Waals surface area contributed by atoms with Gasteiger partial charge in [-0.05, 0) is 67.9 Å². The van der Waals surface area contributed by atoms with Crippen molar-refractivity contribution in [2.45, 2.75) is 51.7 Å². The summed E-state index contributed by atoms with van der Waals surface area (Å²) in [5.41, 5.74) is 11.6. The summed E-state index contributed by atoms with van der Waals surface area (Å²) in [6.07, 6.45) is 5.48. The molecule has 1 amide bonds. The van der Waals surface area contributed by atoms with Crippen LogP contribution >= 0.6 is 11.6 Å². The van der Waals surface area contributed by atoms with Crippen LogP contribution in [0.5, 0.6) is 0 Å². The van der Waals surface area contributed by atoms with Crippen LogP contribution in [0.4, 0.5) is 10.7 Å². The number of nitrogen functional groups attached to an aromatic ring is 1. The first-order valence-corrected chi connectivity index (χ1v) is 14.3. The molecule has 2 fully saturated rings. The Kier molecular flexibility index (Phi) is 7.43. The van der Waals surface area contributed by atoms with E-state index >= 15 is 0 Å². The Morgan fingerprint density at radius 3 is 2.52 bits per heavy atom. The molecule has 6 rings (SSSR count). The van der Waals surface area contributed by atoms with Crippen molar-refractivity contribution in [3.05, 3.63) is 82.8 Å². The lowest BCUT2D eigenvalue weighted by molar-refractivity contribution is 0.0864. The third kappa shape index (κ3) is 5.68. The first-order chi connectivity index (χ1) is 19.5. The van der Waals surface area contributed by atoms with Gasteiger partial charge in [0, 0.05) is 42.3 Å². The minimum Gasteiger partial charge on any atom is -0.445 e. The van der Waals surface area contributed by atoms with Crippen LogP contribution in [-0.4, -0.2) is 43.6 Å². The first kappa shape index (κ1) is 26.3. The number of anilines is 1. The van der Waals surface area contributed by atoms with E-state index in [0.29, 0.717) is 19.0 Å². The van der Waals surface area contributed by atoms with Crippen molar-refractivity contribution in [2.24, 2.45) is 5.92 Å². The molecule has 1 aliphatic heterocycles. The number of carbonyl (C=O) groups is 1. The van der Waals surface area contributed by atoms with Crippen LogP contribution in [0.15, 0.2) is 60.8 Å². The summed E-state index contributed by atoms with van der Waals surface area (Å²) in [5, 5.41) is 0.723. The average molecular weight is 557 g/mol. The number of imidazole rings is 1. The Morgan fingerprint density at radius 1 is 1.05 bits per heavy atom. The van der Waals surface area contributed by atoms with E-state index in [4.69, 9.17) is 27.1 Å². The lowest BCUT2D eigenvalue weighted by Gasteiger charge is -2.31. The van der Waals surface area contributed by atoms with Gasteiger partial charge in [0.15, 0.2) is 0 Å². The second-order valence-corrected chi connectivity index (χ2v) is 11.2. The molecule has 2 N–H and O–H groups in total. The summed E-state index contributed by atoms with van der Waals surface area (Å²) >= 11 is 6.37. The molecule has 0 bridgehead atoms.